The fourth-order valence-corrected chi connectivity index (χ4v) is 2.52. The minimum atomic E-state index is -0.0411. The summed E-state index contributed by atoms with van der Waals surface area (Å²) in [5.41, 5.74) is 6.93. The SMILES string of the molecule is CC(CNC(=O)c1cccc(N)c1)CN1CCCC1. The summed E-state index contributed by atoms with van der Waals surface area (Å²) in [6.07, 6.45) is 2.62. The van der Waals surface area contributed by atoms with Gasteiger partial charge in [-0.3, -0.25) is 4.79 Å². The molecule has 3 N–H and O–H groups in total. The van der Waals surface area contributed by atoms with Gasteiger partial charge in [-0.25, -0.2) is 0 Å². The first-order valence-corrected chi connectivity index (χ1v) is 7.01. The second kappa shape index (κ2) is 6.57. The van der Waals surface area contributed by atoms with Crippen LogP contribution in [0.3, 0.4) is 0 Å². The van der Waals surface area contributed by atoms with E-state index in [1.54, 1.807) is 24.3 Å². The first-order valence-electron chi connectivity index (χ1n) is 7.01. The Morgan fingerprint density at radius 3 is 2.84 bits per heavy atom. The van der Waals surface area contributed by atoms with Crippen LogP contribution in [0.2, 0.25) is 0 Å². The zero-order valence-corrected chi connectivity index (χ0v) is 11.6. The molecule has 1 saturated heterocycles. The molecule has 1 atom stereocenters. The van der Waals surface area contributed by atoms with E-state index < -0.39 is 0 Å². The maximum atomic E-state index is 12.0. The minimum Gasteiger partial charge on any atom is -0.399 e. The van der Waals surface area contributed by atoms with Gasteiger partial charge >= 0.3 is 0 Å². The molecule has 104 valence electrons. The molecule has 1 aromatic carbocycles. The fourth-order valence-electron chi connectivity index (χ4n) is 2.52. The summed E-state index contributed by atoms with van der Waals surface area (Å²) in [5, 5.41) is 2.98. The fraction of sp³-hybridized carbons (Fsp3) is 0.533. The summed E-state index contributed by atoms with van der Waals surface area (Å²) in [5.74, 6) is 0.434. The van der Waals surface area contributed by atoms with Crippen molar-refractivity contribution < 1.29 is 4.79 Å². The number of nitrogens with zero attached hydrogens (tertiary/aromatic N) is 1. The molecule has 1 aliphatic heterocycles. The van der Waals surface area contributed by atoms with Crippen molar-refractivity contribution in [2.24, 2.45) is 5.92 Å². The van der Waals surface area contributed by atoms with E-state index in [9.17, 15) is 4.79 Å². The highest BCUT2D eigenvalue weighted by Gasteiger charge is 2.15. The van der Waals surface area contributed by atoms with Gasteiger partial charge in [-0.2, -0.15) is 0 Å². The minimum absolute atomic E-state index is 0.0411. The quantitative estimate of drug-likeness (QED) is 0.794. The van der Waals surface area contributed by atoms with Gasteiger partial charge in [0.15, 0.2) is 0 Å². The Kier molecular flexibility index (Phi) is 4.80. The molecule has 0 aromatic heterocycles. The first kappa shape index (κ1) is 13.9. The normalized spacial score (nSPS) is 17.3. The van der Waals surface area contributed by atoms with Crippen LogP contribution in [0.25, 0.3) is 0 Å². The number of carbonyl (C=O) groups is 1. The number of likely N-dealkylation sites (tertiary alicyclic amines) is 1. The van der Waals surface area contributed by atoms with Crippen molar-refractivity contribution in [1.29, 1.82) is 0 Å². The van der Waals surface area contributed by atoms with Gasteiger partial charge in [0.1, 0.15) is 0 Å². The molecule has 1 aromatic rings. The second-order valence-corrected chi connectivity index (χ2v) is 5.45. The molecule has 1 unspecified atom stereocenters. The first-order chi connectivity index (χ1) is 9.15. The number of nitrogen functional groups attached to an aromatic ring is 1. The molecule has 1 fully saturated rings. The molecule has 0 saturated carbocycles. The average molecular weight is 261 g/mol. The van der Waals surface area contributed by atoms with Crippen molar-refractivity contribution in [2.75, 3.05) is 31.9 Å². The summed E-state index contributed by atoms with van der Waals surface area (Å²) >= 11 is 0. The van der Waals surface area contributed by atoms with Crippen molar-refractivity contribution in [3.05, 3.63) is 29.8 Å². The number of nitrogens with two attached hydrogens (primary N) is 1. The van der Waals surface area contributed by atoms with E-state index in [0.29, 0.717) is 23.7 Å². The van der Waals surface area contributed by atoms with Gasteiger partial charge in [0.25, 0.3) is 5.91 Å². The number of nitrogens with one attached hydrogen (secondary N) is 1. The van der Waals surface area contributed by atoms with Crippen molar-refractivity contribution >= 4 is 11.6 Å². The average Bonchev–Trinajstić information content (AvgIpc) is 2.88. The number of amides is 1. The van der Waals surface area contributed by atoms with Crippen LogP contribution >= 0.6 is 0 Å². The van der Waals surface area contributed by atoms with Gasteiger partial charge in [-0.05, 0) is 50.0 Å². The molecule has 0 bridgehead atoms. The van der Waals surface area contributed by atoms with Gasteiger partial charge in [-0.1, -0.05) is 13.0 Å². The lowest BCUT2D eigenvalue weighted by Gasteiger charge is -2.20. The number of hydrogen-bond acceptors (Lipinski definition) is 3. The van der Waals surface area contributed by atoms with Crippen molar-refractivity contribution in [3.63, 3.8) is 0 Å². The number of carbonyl (C=O) groups excluding carboxylic acids is 1. The van der Waals surface area contributed by atoms with E-state index >= 15 is 0 Å². The number of rotatable bonds is 5. The monoisotopic (exact) mass is 261 g/mol. The zero-order valence-electron chi connectivity index (χ0n) is 11.6. The van der Waals surface area contributed by atoms with Gasteiger partial charge in [-0.15, -0.1) is 0 Å². The Morgan fingerprint density at radius 1 is 1.42 bits per heavy atom. The van der Waals surface area contributed by atoms with Gasteiger partial charge in [0.05, 0.1) is 0 Å². The van der Waals surface area contributed by atoms with E-state index in [1.807, 2.05) is 0 Å². The smallest absolute Gasteiger partial charge is 0.251 e. The third-order valence-corrected chi connectivity index (χ3v) is 3.53. The van der Waals surface area contributed by atoms with Gasteiger partial charge in [0, 0.05) is 24.3 Å². The Labute approximate surface area is 115 Å². The Hall–Kier alpha value is -1.55. The summed E-state index contributed by atoms with van der Waals surface area (Å²) in [7, 11) is 0. The Bertz CT molecular complexity index is 427. The molecular formula is C15H23N3O. The molecule has 0 spiro atoms. The molecule has 0 aliphatic carbocycles. The molecule has 2 rings (SSSR count). The highest BCUT2D eigenvalue weighted by atomic mass is 16.1. The zero-order chi connectivity index (χ0) is 13.7. The van der Waals surface area contributed by atoms with Crippen LogP contribution < -0.4 is 11.1 Å². The molecule has 1 aliphatic rings. The predicted octanol–water partition coefficient (Wildman–Crippen LogP) is 1.73. The van der Waals surface area contributed by atoms with E-state index in [1.165, 1.54) is 25.9 Å². The number of benzene rings is 1. The maximum Gasteiger partial charge on any atom is 0.251 e. The van der Waals surface area contributed by atoms with Crippen LogP contribution in [0.4, 0.5) is 5.69 Å². The topological polar surface area (TPSA) is 58.4 Å². The standard InChI is InChI=1S/C15H23N3O/c1-12(11-18-7-2-3-8-18)10-17-15(19)13-5-4-6-14(16)9-13/h4-6,9,12H,2-3,7-8,10-11,16H2,1H3,(H,17,19). The predicted molar refractivity (Wildman–Crippen MR) is 78.0 cm³/mol. The second-order valence-electron chi connectivity index (χ2n) is 5.45. The molecule has 4 heteroatoms. The molecular weight excluding hydrogens is 238 g/mol. The molecule has 4 nitrogen and oxygen atoms in total. The maximum absolute atomic E-state index is 12.0. The van der Waals surface area contributed by atoms with E-state index in [4.69, 9.17) is 5.73 Å². The summed E-state index contributed by atoms with van der Waals surface area (Å²) in [6.45, 7) is 6.36. The summed E-state index contributed by atoms with van der Waals surface area (Å²) in [6, 6.07) is 7.09. The highest BCUT2D eigenvalue weighted by Crippen LogP contribution is 2.10. The van der Waals surface area contributed by atoms with Gasteiger partial charge in [0.2, 0.25) is 0 Å². The van der Waals surface area contributed by atoms with Crippen LogP contribution in [0.15, 0.2) is 24.3 Å². The Morgan fingerprint density at radius 2 is 2.16 bits per heavy atom. The molecule has 1 amide bonds. The molecule has 0 radical (unpaired) electrons. The molecule has 1 heterocycles. The lowest BCUT2D eigenvalue weighted by Crippen LogP contribution is -2.34. The third kappa shape index (κ3) is 4.24. The van der Waals surface area contributed by atoms with Gasteiger partial charge < -0.3 is 16.0 Å². The highest BCUT2D eigenvalue weighted by molar-refractivity contribution is 5.94. The van der Waals surface area contributed by atoms with Crippen molar-refractivity contribution in [1.82, 2.24) is 10.2 Å². The van der Waals surface area contributed by atoms with Crippen LogP contribution in [0.5, 0.6) is 0 Å². The van der Waals surface area contributed by atoms with Crippen LogP contribution in [-0.2, 0) is 0 Å². The van der Waals surface area contributed by atoms with Crippen LogP contribution in [0, 0.1) is 5.92 Å². The van der Waals surface area contributed by atoms with Crippen molar-refractivity contribution in [3.8, 4) is 0 Å². The molecule has 19 heavy (non-hydrogen) atoms. The van der Waals surface area contributed by atoms with E-state index in [0.717, 1.165) is 6.54 Å². The van der Waals surface area contributed by atoms with Crippen molar-refractivity contribution in [2.45, 2.75) is 19.8 Å². The Balaban J connectivity index is 1.76. The summed E-state index contributed by atoms with van der Waals surface area (Å²) in [4.78, 5) is 14.4. The van der Waals surface area contributed by atoms with E-state index in [2.05, 4.69) is 17.1 Å². The number of anilines is 1. The van der Waals surface area contributed by atoms with Crippen LogP contribution in [0.1, 0.15) is 30.1 Å². The third-order valence-electron chi connectivity index (χ3n) is 3.53. The largest absolute Gasteiger partial charge is 0.399 e. The van der Waals surface area contributed by atoms with E-state index in [-0.39, 0.29) is 5.91 Å². The number of hydrogen-bond donors (Lipinski definition) is 2. The lowest BCUT2D eigenvalue weighted by molar-refractivity contribution is 0.0945. The lowest BCUT2D eigenvalue weighted by atomic mass is 10.1. The summed E-state index contributed by atoms with van der Waals surface area (Å²) < 4.78 is 0. The van der Waals surface area contributed by atoms with Crippen LogP contribution in [-0.4, -0.2) is 37.0 Å².